The number of imide groups is 1. The molecule has 2 aliphatic heterocycles. The van der Waals surface area contributed by atoms with Crippen LogP contribution in [-0.4, -0.2) is 47.3 Å². The zero-order chi connectivity index (χ0) is 23.1. The number of methoxy groups -OCH3 is 1. The van der Waals surface area contributed by atoms with E-state index in [1.807, 2.05) is 12.1 Å². The van der Waals surface area contributed by atoms with E-state index >= 15 is 0 Å². The molecule has 0 aromatic heterocycles. The molecule has 1 saturated heterocycles. The van der Waals surface area contributed by atoms with Crippen LogP contribution in [0.1, 0.15) is 52.2 Å². The van der Waals surface area contributed by atoms with Crippen molar-refractivity contribution in [1.82, 2.24) is 4.90 Å². The van der Waals surface area contributed by atoms with Crippen molar-refractivity contribution in [2.75, 3.05) is 18.6 Å². The number of esters is 1. The molecule has 1 aromatic carbocycles. The summed E-state index contributed by atoms with van der Waals surface area (Å²) in [7, 11) is 1.22. The number of rotatable bonds is 5. The van der Waals surface area contributed by atoms with Gasteiger partial charge in [0, 0.05) is 22.8 Å². The fourth-order valence-corrected chi connectivity index (χ4v) is 5.20. The topological polar surface area (TPSA) is 66.9 Å². The van der Waals surface area contributed by atoms with Crippen molar-refractivity contribution in [3.8, 4) is 0 Å². The predicted molar refractivity (Wildman–Crippen MR) is 126 cm³/mol. The molecule has 0 N–H and O–H groups in total. The van der Waals surface area contributed by atoms with Gasteiger partial charge in [0.1, 0.15) is 6.04 Å². The van der Waals surface area contributed by atoms with Crippen molar-refractivity contribution < 1.29 is 19.1 Å². The van der Waals surface area contributed by atoms with Gasteiger partial charge in [0.15, 0.2) is 0 Å². The van der Waals surface area contributed by atoms with Crippen molar-refractivity contribution in [3.63, 3.8) is 0 Å². The molecule has 31 heavy (non-hydrogen) atoms. The van der Waals surface area contributed by atoms with E-state index in [4.69, 9.17) is 11.6 Å². The minimum Gasteiger partial charge on any atom is -0.467 e. The summed E-state index contributed by atoms with van der Waals surface area (Å²) in [6, 6.07) is 2.90. The molecule has 8 heteroatoms. The fourth-order valence-electron chi connectivity index (χ4n) is 4.09. The van der Waals surface area contributed by atoms with E-state index in [0.717, 1.165) is 46.5 Å². The molecule has 2 amide bonds. The first-order chi connectivity index (χ1) is 14.5. The largest absolute Gasteiger partial charge is 0.467 e. The highest BCUT2D eigenvalue weighted by Gasteiger charge is 2.41. The molecule has 3 rings (SSSR count). The van der Waals surface area contributed by atoms with Crippen molar-refractivity contribution in [3.05, 3.63) is 39.3 Å². The Morgan fingerprint density at radius 2 is 2.00 bits per heavy atom. The summed E-state index contributed by atoms with van der Waals surface area (Å²) in [6.07, 6.45) is 4.85. The van der Waals surface area contributed by atoms with Crippen LogP contribution in [0.3, 0.4) is 0 Å². The smallest absolute Gasteiger partial charge is 0.328 e. The number of hydrogen-bond acceptors (Lipinski definition) is 6. The van der Waals surface area contributed by atoms with Crippen LogP contribution in [-0.2, 0) is 14.3 Å². The Hall–Kier alpha value is -2.25. The average molecular weight is 463 g/mol. The van der Waals surface area contributed by atoms with Crippen LogP contribution < -0.4 is 4.90 Å². The van der Waals surface area contributed by atoms with Gasteiger partial charge in [-0.25, -0.2) is 4.79 Å². The zero-order valence-corrected chi connectivity index (χ0v) is 20.2. The second kappa shape index (κ2) is 8.71. The molecule has 2 aliphatic rings. The minimum atomic E-state index is -0.989. The molecule has 0 spiro atoms. The second-order valence-electron chi connectivity index (χ2n) is 8.27. The zero-order valence-electron chi connectivity index (χ0n) is 18.6. The third kappa shape index (κ3) is 4.26. The van der Waals surface area contributed by atoms with E-state index in [2.05, 4.69) is 43.4 Å². The molecule has 0 saturated carbocycles. The van der Waals surface area contributed by atoms with E-state index in [9.17, 15) is 14.4 Å². The number of carbonyl (C=O) groups excluding carboxylic acids is 3. The van der Waals surface area contributed by atoms with Gasteiger partial charge in [-0.3, -0.25) is 14.5 Å². The predicted octanol–water partition coefficient (Wildman–Crippen LogP) is 5.35. The molecule has 0 bridgehead atoms. The first-order valence-corrected chi connectivity index (χ1v) is 11.4. The number of hydrogen-bond donors (Lipinski definition) is 0. The minimum absolute atomic E-state index is 0.134. The molecule has 1 aromatic rings. The molecule has 2 heterocycles. The molecular weight excluding hydrogens is 436 g/mol. The summed E-state index contributed by atoms with van der Waals surface area (Å²) in [5.74, 6) is -1.17. The Balaban J connectivity index is 2.02. The Kier molecular flexibility index (Phi) is 6.58. The van der Waals surface area contributed by atoms with Crippen molar-refractivity contribution >= 4 is 57.8 Å². The van der Waals surface area contributed by atoms with Crippen molar-refractivity contribution in [1.29, 1.82) is 0 Å². The van der Waals surface area contributed by atoms with E-state index in [1.165, 1.54) is 14.0 Å². The summed E-state index contributed by atoms with van der Waals surface area (Å²) in [5.41, 5.74) is 3.75. The van der Waals surface area contributed by atoms with Gasteiger partial charge in [0.2, 0.25) is 0 Å². The Morgan fingerprint density at radius 3 is 2.61 bits per heavy atom. The molecule has 6 nitrogen and oxygen atoms in total. The molecule has 166 valence electrons. The number of ether oxygens (including phenoxy) is 1. The van der Waals surface area contributed by atoms with Gasteiger partial charge in [-0.2, -0.15) is 0 Å². The van der Waals surface area contributed by atoms with E-state index in [-0.39, 0.29) is 10.4 Å². The van der Waals surface area contributed by atoms with Crippen LogP contribution in [0.5, 0.6) is 0 Å². The van der Waals surface area contributed by atoms with Gasteiger partial charge in [0.05, 0.1) is 17.6 Å². The van der Waals surface area contributed by atoms with Crippen LogP contribution in [0.2, 0.25) is 5.02 Å². The number of anilines is 1. The summed E-state index contributed by atoms with van der Waals surface area (Å²) in [4.78, 5) is 40.5. The first-order valence-electron chi connectivity index (χ1n) is 10.2. The third-order valence-corrected chi connectivity index (χ3v) is 6.79. The van der Waals surface area contributed by atoms with Crippen LogP contribution in [0.25, 0.3) is 11.6 Å². The maximum absolute atomic E-state index is 12.8. The van der Waals surface area contributed by atoms with Gasteiger partial charge in [-0.05, 0) is 75.2 Å². The number of allylic oxidation sites excluding steroid dienone is 1. The van der Waals surface area contributed by atoms with Crippen molar-refractivity contribution in [2.45, 2.75) is 52.6 Å². The molecular formula is C23H27ClN2O4S. The normalized spacial score (nSPS) is 20.1. The number of benzene rings is 1. The first kappa shape index (κ1) is 23.4. The third-order valence-electron chi connectivity index (χ3n) is 5.58. The van der Waals surface area contributed by atoms with Gasteiger partial charge in [-0.1, -0.05) is 24.6 Å². The quantitative estimate of drug-likeness (QED) is 0.434. The lowest BCUT2D eigenvalue weighted by Crippen LogP contribution is -2.45. The Morgan fingerprint density at radius 1 is 1.32 bits per heavy atom. The Labute approximate surface area is 192 Å². The maximum atomic E-state index is 12.8. The fraction of sp³-hybridized carbons (Fsp3) is 0.435. The van der Waals surface area contributed by atoms with Crippen LogP contribution in [0, 0.1) is 0 Å². The number of nitrogens with zero attached hydrogens (tertiary/aromatic N) is 2. The number of thioether (sulfide) groups is 1. The van der Waals surface area contributed by atoms with Gasteiger partial charge < -0.3 is 9.64 Å². The molecule has 1 fully saturated rings. The summed E-state index contributed by atoms with van der Waals surface area (Å²) < 4.78 is 4.67. The summed E-state index contributed by atoms with van der Waals surface area (Å²) >= 11 is 7.41. The molecule has 0 radical (unpaired) electrons. The number of carbonyl (C=O) groups is 3. The highest BCUT2D eigenvalue weighted by molar-refractivity contribution is 8.18. The van der Waals surface area contributed by atoms with Crippen LogP contribution in [0.4, 0.5) is 10.5 Å². The van der Waals surface area contributed by atoms with E-state index in [1.54, 1.807) is 6.08 Å². The molecule has 1 atom stereocenters. The maximum Gasteiger partial charge on any atom is 0.328 e. The van der Waals surface area contributed by atoms with Gasteiger partial charge in [0.25, 0.3) is 11.1 Å². The summed E-state index contributed by atoms with van der Waals surface area (Å²) in [5, 5.41) is -0.00616. The van der Waals surface area contributed by atoms with Crippen LogP contribution >= 0.6 is 23.4 Å². The second-order valence-corrected chi connectivity index (χ2v) is 9.67. The van der Waals surface area contributed by atoms with E-state index in [0.29, 0.717) is 10.6 Å². The summed E-state index contributed by atoms with van der Waals surface area (Å²) in [6.45, 7) is 10.9. The standard InChI is InChI=1S/C23H27ClN2O4S/c1-7-8-25-18-11-17(24)15(9-16(18)13(2)12-23(25,4)5)10-19-20(27)26(22(29)31-19)14(3)21(28)30-6/h9-12,14H,7-8H2,1-6H3/b19-10-. The molecule has 0 aliphatic carbocycles. The monoisotopic (exact) mass is 462 g/mol. The molecule has 1 unspecified atom stereocenters. The number of amides is 2. The SMILES string of the molecule is CCCN1c2cc(Cl)c(/C=C3\SC(=O)N(C(C)C(=O)OC)C3=O)cc2C(C)=CC1(C)C. The van der Waals surface area contributed by atoms with Crippen molar-refractivity contribution in [2.24, 2.45) is 0 Å². The Bertz CT molecular complexity index is 1020. The average Bonchev–Trinajstić information content (AvgIpc) is 2.97. The number of halogens is 1. The lowest BCUT2D eigenvalue weighted by Gasteiger charge is -2.43. The highest BCUT2D eigenvalue weighted by Crippen LogP contribution is 2.43. The lowest BCUT2D eigenvalue weighted by molar-refractivity contribution is -0.148. The van der Waals surface area contributed by atoms with E-state index < -0.39 is 23.2 Å². The number of fused-ring (bicyclic) bond motifs is 1. The lowest BCUT2D eigenvalue weighted by atomic mass is 9.87. The highest BCUT2D eigenvalue weighted by atomic mass is 35.5. The van der Waals surface area contributed by atoms with Gasteiger partial charge in [-0.15, -0.1) is 0 Å². The van der Waals surface area contributed by atoms with Gasteiger partial charge >= 0.3 is 5.97 Å². The van der Waals surface area contributed by atoms with Crippen LogP contribution in [0.15, 0.2) is 23.1 Å².